The Morgan fingerprint density at radius 3 is 2.50 bits per heavy atom. The van der Waals surface area contributed by atoms with E-state index in [2.05, 4.69) is 36.3 Å². The normalized spacial score (nSPS) is 17.0. The predicted octanol–water partition coefficient (Wildman–Crippen LogP) is 4.98. The van der Waals surface area contributed by atoms with Crippen LogP contribution < -0.4 is 10.1 Å². The molecule has 1 amide bonds. The number of anilines is 1. The Hall–Kier alpha value is -2.75. The van der Waals surface area contributed by atoms with Crippen LogP contribution in [-0.4, -0.2) is 43.8 Å². The lowest BCUT2D eigenvalue weighted by molar-refractivity contribution is -0.120. The highest BCUT2D eigenvalue weighted by atomic mass is 32.2. The summed E-state index contributed by atoms with van der Waals surface area (Å²) in [6.45, 7) is 4.85. The van der Waals surface area contributed by atoms with Crippen molar-refractivity contribution in [1.29, 1.82) is 0 Å². The van der Waals surface area contributed by atoms with E-state index < -0.39 is 15.9 Å². The lowest BCUT2D eigenvalue weighted by atomic mass is 9.99. The molecule has 0 aliphatic carbocycles. The quantitative estimate of drug-likeness (QED) is 0.495. The van der Waals surface area contributed by atoms with Crippen LogP contribution in [0.15, 0.2) is 58.8 Å². The number of nitrogens with zero attached hydrogens (tertiary/aromatic N) is 2. The summed E-state index contributed by atoms with van der Waals surface area (Å²) >= 11 is 1.37. The van der Waals surface area contributed by atoms with Crippen LogP contribution >= 0.6 is 11.3 Å². The maximum atomic E-state index is 13.1. The predicted molar refractivity (Wildman–Crippen MR) is 135 cm³/mol. The van der Waals surface area contributed by atoms with Crippen molar-refractivity contribution in [1.82, 2.24) is 9.29 Å². The van der Waals surface area contributed by atoms with Gasteiger partial charge in [0.05, 0.1) is 23.6 Å². The van der Waals surface area contributed by atoms with Gasteiger partial charge in [-0.25, -0.2) is 13.4 Å². The lowest BCUT2D eigenvalue weighted by Gasteiger charge is -2.31. The number of hydrogen-bond donors (Lipinski definition) is 1. The van der Waals surface area contributed by atoms with Crippen LogP contribution in [-0.2, 0) is 14.8 Å². The topological polar surface area (TPSA) is 88.6 Å². The molecule has 1 atom stereocenters. The summed E-state index contributed by atoms with van der Waals surface area (Å²) < 4.78 is 32.7. The maximum absolute atomic E-state index is 13.1. The fourth-order valence-corrected chi connectivity index (χ4v) is 6.23. The van der Waals surface area contributed by atoms with Gasteiger partial charge >= 0.3 is 0 Å². The van der Waals surface area contributed by atoms with E-state index in [9.17, 15) is 13.2 Å². The van der Waals surface area contributed by atoms with E-state index in [0.29, 0.717) is 36.2 Å². The average molecular weight is 500 g/mol. The van der Waals surface area contributed by atoms with Gasteiger partial charge in [-0.15, -0.1) is 11.3 Å². The molecule has 180 valence electrons. The highest BCUT2D eigenvalue weighted by Gasteiger charge is 2.33. The smallest absolute Gasteiger partial charge is 0.243 e. The van der Waals surface area contributed by atoms with Gasteiger partial charge in [0.25, 0.3) is 0 Å². The molecule has 34 heavy (non-hydrogen) atoms. The van der Waals surface area contributed by atoms with E-state index >= 15 is 0 Å². The van der Waals surface area contributed by atoms with Gasteiger partial charge in [-0.2, -0.15) is 4.31 Å². The third-order valence-electron chi connectivity index (χ3n) is 6.06. The molecule has 9 heteroatoms. The van der Waals surface area contributed by atoms with Crippen LogP contribution in [0.25, 0.3) is 11.3 Å². The minimum atomic E-state index is -3.68. The summed E-state index contributed by atoms with van der Waals surface area (Å²) in [5.41, 5.74) is 3.07. The van der Waals surface area contributed by atoms with Crippen molar-refractivity contribution in [2.45, 2.75) is 37.5 Å². The number of sulfonamides is 1. The molecule has 1 aliphatic heterocycles. The molecule has 1 aliphatic rings. The minimum Gasteiger partial charge on any atom is -0.497 e. The second-order valence-electron chi connectivity index (χ2n) is 8.68. The highest BCUT2D eigenvalue weighted by Crippen LogP contribution is 2.29. The van der Waals surface area contributed by atoms with Gasteiger partial charge in [0.2, 0.25) is 15.9 Å². The summed E-state index contributed by atoms with van der Waals surface area (Å²) in [5.74, 6) is 0.418. The number of methoxy groups -OCH3 is 1. The van der Waals surface area contributed by atoms with E-state index in [1.54, 1.807) is 12.1 Å². The van der Waals surface area contributed by atoms with E-state index in [-0.39, 0.29) is 17.3 Å². The van der Waals surface area contributed by atoms with Crippen molar-refractivity contribution in [2.24, 2.45) is 5.92 Å². The summed E-state index contributed by atoms with van der Waals surface area (Å²) in [6.07, 6.45) is 1.26. The second kappa shape index (κ2) is 10.2. The molecule has 2 aromatic carbocycles. The number of aromatic nitrogens is 1. The summed E-state index contributed by atoms with van der Waals surface area (Å²) in [6, 6.07) is 14.6. The van der Waals surface area contributed by atoms with Gasteiger partial charge in [-0.1, -0.05) is 38.1 Å². The zero-order chi connectivity index (χ0) is 24.3. The van der Waals surface area contributed by atoms with Crippen LogP contribution in [0.2, 0.25) is 0 Å². The molecule has 7 nitrogen and oxygen atoms in total. The molecule has 4 rings (SSSR count). The third kappa shape index (κ3) is 5.32. The molecule has 2 heterocycles. The van der Waals surface area contributed by atoms with Crippen molar-refractivity contribution in [2.75, 3.05) is 25.5 Å². The molecule has 0 bridgehead atoms. The first-order chi connectivity index (χ1) is 16.3. The number of nitrogens with one attached hydrogen (secondary N) is 1. The van der Waals surface area contributed by atoms with Gasteiger partial charge in [-0.3, -0.25) is 4.79 Å². The molecule has 0 radical (unpaired) electrons. The Bertz CT molecular complexity index is 1240. The summed E-state index contributed by atoms with van der Waals surface area (Å²) in [5, 5.41) is 5.32. The van der Waals surface area contributed by atoms with Gasteiger partial charge in [0, 0.05) is 24.0 Å². The Morgan fingerprint density at radius 1 is 1.15 bits per heavy atom. The van der Waals surface area contributed by atoms with Gasteiger partial charge in [0.1, 0.15) is 5.75 Å². The molecule has 1 saturated heterocycles. The first-order valence-corrected chi connectivity index (χ1v) is 13.6. The minimum absolute atomic E-state index is 0.148. The zero-order valence-electron chi connectivity index (χ0n) is 19.5. The van der Waals surface area contributed by atoms with Crippen LogP contribution in [0.1, 0.15) is 38.2 Å². The Labute approximate surface area is 204 Å². The lowest BCUT2D eigenvalue weighted by Crippen LogP contribution is -2.43. The Kier molecular flexibility index (Phi) is 7.35. The van der Waals surface area contributed by atoms with Crippen molar-refractivity contribution < 1.29 is 17.9 Å². The van der Waals surface area contributed by atoms with Crippen molar-refractivity contribution in [3.8, 4) is 17.0 Å². The maximum Gasteiger partial charge on any atom is 0.243 e. The number of benzene rings is 2. The molecular weight excluding hydrogens is 470 g/mol. The van der Waals surface area contributed by atoms with E-state index in [4.69, 9.17) is 4.74 Å². The molecular formula is C25H29N3O4S2. The number of carbonyl (C=O) groups excluding carboxylic acids is 1. The molecule has 3 aromatic rings. The third-order valence-corrected chi connectivity index (χ3v) is 8.70. The van der Waals surface area contributed by atoms with Crippen molar-refractivity contribution in [3.05, 3.63) is 59.5 Å². The number of ether oxygens (including phenoxy) is 1. The van der Waals surface area contributed by atoms with E-state index in [0.717, 1.165) is 11.3 Å². The van der Waals surface area contributed by atoms with Crippen LogP contribution in [0.3, 0.4) is 0 Å². The molecule has 1 unspecified atom stereocenters. The first kappa shape index (κ1) is 24.4. The van der Waals surface area contributed by atoms with E-state index in [1.165, 1.54) is 40.4 Å². The Balaban J connectivity index is 1.41. The Morgan fingerprint density at radius 2 is 1.85 bits per heavy atom. The number of rotatable bonds is 7. The molecule has 0 saturated carbocycles. The van der Waals surface area contributed by atoms with Crippen LogP contribution in [0.5, 0.6) is 5.75 Å². The molecule has 0 spiro atoms. The van der Waals surface area contributed by atoms with Crippen molar-refractivity contribution in [3.63, 3.8) is 0 Å². The number of carbonyl (C=O) groups is 1. The van der Waals surface area contributed by atoms with Gasteiger partial charge < -0.3 is 10.1 Å². The van der Waals surface area contributed by atoms with Gasteiger partial charge in [-0.05, 0) is 48.6 Å². The van der Waals surface area contributed by atoms with E-state index in [1.807, 2.05) is 17.5 Å². The zero-order valence-corrected chi connectivity index (χ0v) is 21.2. The van der Waals surface area contributed by atoms with Gasteiger partial charge in [0.15, 0.2) is 5.13 Å². The SMILES string of the molecule is COc1ccc(S(=O)(=O)N2CCCC(C(=O)Nc3nc(-c4ccc(C(C)C)cc4)cs3)C2)cc1. The number of piperidine rings is 1. The highest BCUT2D eigenvalue weighted by molar-refractivity contribution is 7.89. The van der Waals surface area contributed by atoms with Crippen molar-refractivity contribution >= 4 is 32.4 Å². The number of thiazole rings is 1. The number of amides is 1. The molecule has 1 aromatic heterocycles. The fourth-order valence-electron chi connectivity index (χ4n) is 3.98. The standard InChI is InChI=1S/C25H29N3O4S2/c1-17(2)18-6-8-19(9-7-18)23-16-33-25(26-23)27-24(29)20-5-4-14-28(15-20)34(30,31)22-12-10-21(32-3)11-13-22/h6-13,16-17,20H,4-5,14-15H2,1-3H3,(H,26,27,29). The molecule has 1 fully saturated rings. The van der Waals surface area contributed by atoms with Crippen LogP contribution in [0.4, 0.5) is 5.13 Å². The number of hydrogen-bond acceptors (Lipinski definition) is 6. The summed E-state index contributed by atoms with van der Waals surface area (Å²) in [4.78, 5) is 17.7. The monoisotopic (exact) mass is 499 g/mol. The molecule has 1 N–H and O–H groups in total. The largest absolute Gasteiger partial charge is 0.497 e. The first-order valence-electron chi connectivity index (χ1n) is 11.3. The fraction of sp³-hybridized carbons (Fsp3) is 0.360. The second-order valence-corrected chi connectivity index (χ2v) is 11.5. The summed E-state index contributed by atoms with van der Waals surface area (Å²) in [7, 11) is -2.15. The average Bonchev–Trinajstić information content (AvgIpc) is 3.32. The van der Waals surface area contributed by atoms with Crippen LogP contribution in [0, 0.1) is 5.92 Å².